The molecule has 2 rings (SSSR count). The van der Waals surface area contributed by atoms with E-state index < -0.39 is 0 Å². The smallest absolute Gasteiger partial charge is 0.224 e. The number of nitrogens with one attached hydrogen (secondary N) is 2. The van der Waals surface area contributed by atoms with Gasteiger partial charge < -0.3 is 20.4 Å². The molecule has 0 spiro atoms. The Balaban J connectivity index is 1.69. The fourth-order valence-electron chi connectivity index (χ4n) is 3.20. The van der Waals surface area contributed by atoms with E-state index in [9.17, 15) is 9.18 Å². The van der Waals surface area contributed by atoms with Gasteiger partial charge in [-0.05, 0) is 56.0 Å². The van der Waals surface area contributed by atoms with Crippen LogP contribution in [0, 0.1) is 5.82 Å². The zero-order valence-electron chi connectivity index (χ0n) is 17.6. The molecule has 0 unspecified atom stereocenters. The zero-order valence-corrected chi connectivity index (χ0v) is 18.4. The van der Waals surface area contributed by atoms with Gasteiger partial charge in [0.05, 0.1) is 0 Å². The van der Waals surface area contributed by atoms with Crippen LogP contribution in [0.3, 0.4) is 0 Å². The number of hydrogen-bond acceptors (Lipinski definition) is 4. The van der Waals surface area contributed by atoms with Gasteiger partial charge in [0.15, 0.2) is 5.96 Å². The number of halogens is 1. The lowest BCUT2D eigenvalue weighted by Gasteiger charge is -2.36. The Morgan fingerprint density at radius 3 is 2.52 bits per heavy atom. The summed E-state index contributed by atoms with van der Waals surface area (Å²) in [5, 5.41) is 6.49. The predicted octanol–water partition coefficient (Wildman–Crippen LogP) is 2.56. The standard InChI is InChI=1S/C21H34FN5OS/c1-3-23-21(24-11-4-5-17-29-2)25-12-10-20(28)27-15-13-26(14-16-27)19-8-6-18(22)7-9-19/h6-9H,3-5,10-17H2,1-2H3,(H2,23,24,25). The number of benzene rings is 1. The van der Waals surface area contributed by atoms with Crippen LogP contribution < -0.4 is 15.5 Å². The zero-order chi connectivity index (χ0) is 20.9. The van der Waals surface area contributed by atoms with Crippen molar-refractivity contribution in [2.75, 3.05) is 62.7 Å². The maximum atomic E-state index is 13.1. The number of guanidine groups is 1. The van der Waals surface area contributed by atoms with Crippen LogP contribution in [-0.2, 0) is 4.79 Å². The minimum atomic E-state index is -0.226. The molecule has 2 N–H and O–H groups in total. The summed E-state index contributed by atoms with van der Waals surface area (Å²) in [6, 6.07) is 6.54. The van der Waals surface area contributed by atoms with Gasteiger partial charge in [-0.1, -0.05) is 0 Å². The average molecular weight is 424 g/mol. The number of rotatable bonds is 10. The Hall–Kier alpha value is -1.96. The summed E-state index contributed by atoms with van der Waals surface area (Å²) in [6.07, 6.45) is 4.82. The number of anilines is 1. The summed E-state index contributed by atoms with van der Waals surface area (Å²) >= 11 is 1.86. The molecule has 0 atom stereocenters. The molecule has 1 aromatic carbocycles. The second-order valence-electron chi connectivity index (χ2n) is 6.98. The number of nitrogens with zero attached hydrogens (tertiary/aromatic N) is 3. The Bertz CT molecular complexity index is 632. The molecule has 0 aromatic heterocycles. The maximum absolute atomic E-state index is 13.1. The maximum Gasteiger partial charge on any atom is 0.224 e. The van der Waals surface area contributed by atoms with E-state index >= 15 is 0 Å². The molecule has 1 heterocycles. The molecule has 1 aliphatic rings. The predicted molar refractivity (Wildman–Crippen MR) is 121 cm³/mol. The molecule has 0 radical (unpaired) electrons. The molecular formula is C21H34FN5OS. The van der Waals surface area contributed by atoms with Crippen molar-refractivity contribution in [1.82, 2.24) is 15.5 Å². The average Bonchev–Trinajstić information content (AvgIpc) is 2.74. The first-order valence-electron chi connectivity index (χ1n) is 10.4. The normalized spacial score (nSPS) is 14.8. The van der Waals surface area contributed by atoms with Gasteiger partial charge in [0.1, 0.15) is 5.82 Å². The third kappa shape index (κ3) is 8.51. The van der Waals surface area contributed by atoms with Crippen molar-refractivity contribution in [3.05, 3.63) is 30.1 Å². The number of aliphatic imine (C=N–C) groups is 1. The largest absolute Gasteiger partial charge is 0.368 e. The Labute approximate surface area is 178 Å². The molecule has 1 aliphatic heterocycles. The van der Waals surface area contributed by atoms with Crippen molar-refractivity contribution < 1.29 is 9.18 Å². The summed E-state index contributed by atoms with van der Waals surface area (Å²) in [4.78, 5) is 21.2. The number of unbranched alkanes of at least 4 members (excludes halogenated alkanes) is 1. The third-order valence-corrected chi connectivity index (χ3v) is 5.52. The van der Waals surface area contributed by atoms with Crippen molar-refractivity contribution in [2.45, 2.75) is 26.2 Å². The number of amides is 1. The fourth-order valence-corrected chi connectivity index (χ4v) is 3.70. The highest BCUT2D eigenvalue weighted by molar-refractivity contribution is 7.98. The SMILES string of the molecule is CCNC(=NCCCCSC)NCCC(=O)N1CCN(c2ccc(F)cc2)CC1. The second kappa shape index (κ2) is 13.3. The first-order chi connectivity index (χ1) is 14.1. The molecule has 162 valence electrons. The van der Waals surface area contributed by atoms with E-state index in [2.05, 4.69) is 26.8 Å². The van der Waals surface area contributed by atoms with Crippen molar-refractivity contribution >= 4 is 29.3 Å². The van der Waals surface area contributed by atoms with Crippen molar-refractivity contribution in [2.24, 2.45) is 4.99 Å². The van der Waals surface area contributed by atoms with Crippen LogP contribution in [-0.4, -0.2) is 74.6 Å². The van der Waals surface area contributed by atoms with Gasteiger partial charge in [0, 0.05) is 57.9 Å². The van der Waals surface area contributed by atoms with Crippen LogP contribution in [0.25, 0.3) is 0 Å². The lowest BCUT2D eigenvalue weighted by molar-refractivity contribution is -0.131. The number of carbonyl (C=O) groups excluding carboxylic acids is 1. The van der Waals surface area contributed by atoms with Gasteiger partial charge in [-0.3, -0.25) is 9.79 Å². The Kier molecular flexibility index (Phi) is 10.7. The van der Waals surface area contributed by atoms with Crippen LogP contribution in [0.4, 0.5) is 10.1 Å². The summed E-state index contributed by atoms with van der Waals surface area (Å²) in [5.41, 5.74) is 1.00. The highest BCUT2D eigenvalue weighted by Gasteiger charge is 2.21. The molecule has 8 heteroatoms. The van der Waals surface area contributed by atoms with E-state index in [1.165, 1.54) is 24.3 Å². The summed E-state index contributed by atoms with van der Waals surface area (Å²) < 4.78 is 13.1. The van der Waals surface area contributed by atoms with E-state index in [1.807, 2.05) is 23.6 Å². The molecule has 1 amide bonds. The van der Waals surface area contributed by atoms with Crippen LogP contribution >= 0.6 is 11.8 Å². The lowest BCUT2D eigenvalue weighted by atomic mass is 10.2. The van der Waals surface area contributed by atoms with Crippen LogP contribution in [0.5, 0.6) is 0 Å². The summed E-state index contributed by atoms with van der Waals surface area (Å²) in [6.45, 7) is 7.14. The van der Waals surface area contributed by atoms with Gasteiger partial charge in [0.2, 0.25) is 5.91 Å². The van der Waals surface area contributed by atoms with E-state index in [0.29, 0.717) is 26.1 Å². The number of hydrogen-bond donors (Lipinski definition) is 2. The first-order valence-corrected chi connectivity index (χ1v) is 11.8. The first kappa shape index (κ1) is 23.3. The van der Waals surface area contributed by atoms with E-state index in [1.54, 1.807) is 12.1 Å². The molecule has 1 fully saturated rings. The highest BCUT2D eigenvalue weighted by Crippen LogP contribution is 2.17. The molecule has 0 saturated carbocycles. The molecular weight excluding hydrogens is 389 g/mol. The molecule has 1 aromatic rings. The molecule has 1 saturated heterocycles. The van der Waals surface area contributed by atoms with Gasteiger partial charge >= 0.3 is 0 Å². The van der Waals surface area contributed by atoms with Crippen LogP contribution in [0.1, 0.15) is 26.2 Å². The van der Waals surface area contributed by atoms with Crippen molar-refractivity contribution in [3.63, 3.8) is 0 Å². The second-order valence-corrected chi connectivity index (χ2v) is 7.97. The topological polar surface area (TPSA) is 60.0 Å². The molecule has 0 bridgehead atoms. The van der Waals surface area contributed by atoms with Crippen LogP contribution in [0.2, 0.25) is 0 Å². The van der Waals surface area contributed by atoms with Gasteiger partial charge in [-0.25, -0.2) is 4.39 Å². The van der Waals surface area contributed by atoms with Crippen molar-refractivity contribution in [1.29, 1.82) is 0 Å². The van der Waals surface area contributed by atoms with Crippen molar-refractivity contribution in [3.8, 4) is 0 Å². The summed E-state index contributed by atoms with van der Waals surface area (Å²) in [7, 11) is 0. The monoisotopic (exact) mass is 423 g/mol. The van der Waals surface area contributed by atoms with E-state index in [-0.39, 0.29) is 11.7 Å². The van der Waals surface area contributed by atoms with Crippen LogP contribution in [0.15, 0.2) is 29.3 Å². The van der Waals surface area contributed by atoms with Gasteiger partial charge in [0.25, 0.3) is 0 Å². The Morgan fingerprint density at radius 2 is 1.86 bits per heavy atom. The highest BCUT2D eigenvalue weighted by atomic mass is 32.2. The van der Waals surface area contributed by atoms with Gasteiger partial charge in [-0.2, -0.15) is 11.8 Å². The third-order valence-electron chi connectivity index (χ3n) is 4.83. The van der Waals surface area contributed by atoms with Gasteiger partial charge in [-0.15, -0.1) is 0 Å². The number of piperazine rings is 1. The lowest BCUT2D eigenvalue weighted by Crippen LogP contribution is -2.49. The summed E-state index contributed by atoms with van der Waals surface area (Å²) in [5.74, 6) is 1.88. The number of thioether (sulfide) groups is 1. The van der Waals surface area contributed by atoms with E-state index in [0.717, 1.165) is 44.2 Å². The quantitative estimate of drug-likeness (QED) is 0.344. The minimum absolute atomic E-state index is 0.159. The molecule has 0 aliphatic carbocycles. The Morgan fingerprint density at radius 1 is 1.14 bits per heavy atom. The fraction of sp³-hybridized carbons (Fsp3) is 0.619. The molecule has 29 heavy (non-hydrogen) atoms. The number of carbonyl (C=O) groups is 1. The van der Waals surface area contributed by atoms with E-state index in [4.69, 9.17) is 0 Å². The molecule has 6 nitrogen and oxygen atoms in total. The minimum Gasteiger partial charge on any atom is -0.368 e.